The van der Waals surface area contributed by atoms with Crippen LogP contribution in [0.3, 0.4) is 0 Å². The van der Waals surface area contributed by atoms with E-state index in [1.807, 2.05) is 37.3 Å². The molecule has 1 heterocycles. The third-order valence-corrected chi connectivity index (χ3v) is 5.10. The number of hydrogen-bond donors (Lipinski definition) is 0. The summed E-state index contributed by atoms with van der Waals surface area (Å²) < 4.78 is 10.5. The van der Waals surface area contributed by atoms with E-state index in [0.717, 1.165) is 5.56 Å². The number of carbonyl (C=O) groups is 3. The summed E-state index contributed by atoms with van der Waals surface area (Å²) in [6.07, 6.45) is 0.0341. The SMILES string of the molecule is CCOC(=O)[C@@H]1[C@H]2CC(C)C(=O)[C@H]2CN1C(=O)OCc1ccccc1. The highest BCUT2D eigenvalue weighted by atomic mass is 16.6. The van der Waals surface area contributed by atoms with Gasteiger partial charge in [0.05, 0.1) is 6.61 Å². The standard InChI is InChI=1S/C19H23NO5/c1-3-24-18(22)16-14-9-12(2)17(21)15(14)10-20(16)19(23)25-11-13-7-5-4-6-8-13/h4-8,12,14-16H,3,9-11H2,1-2H3/t12?,14-,15-,16-/m0/s1. The lowest BCUT2D eigenvalue weighted by Crippen LogP contribution is -2.44. The number of ketones is 1. The largest absolute Gasteiger partial charge is 0.464 e. The van der Waals surface area contributed by atoms with Gasteiger partial charge in [-0.2, -0.15) is 0 Å². The van der Waals surface area contributed by atoms with E-state index in [4.69, 9.17) is 9.47 Å². The van der Waals surface area contributed by atoms with E-state index in [1.54, 1.807) is 6.92 Å². The first kappa shape index (κ1) is 17.5. The molecule has 134 valence electrons. The van der Waals surface area contributed by atoms with Crippen LogP contribution in [0.2, 0.25) is 0 Å². The van der Waals surface area contributed by atoms with E-state index < -0.39 is 18.1 Å². The zero-order chi connectivity index (χ0) is 18.0. The molecule has 4 atom stereocenters. The van der Waals surface area contributed by atoms with Crippen LogP contribution < -0.4 is 0 Å². The van der Waals surface area contributed by atoms with Crippen molar-refractivity contribution in [3.05, 3.63) is 35.9 Å². The molecule has 1 aliphatic carbocycles. The second-order valence-electron chi connectivity index (χ2n) is 6.70. The molecule has 1 saturated heterocycles. The van der Waals surface area contributed by atoms with Crippen LogP contribution in [-0.4, -0.2) is 41.9 Å². The van der Waals surface area contributed by atoms with E-state index in [1.165, 1.54) is 4.90 Å². The summed E-state index contributed by atoms with van der Waals surface area (Å²) in [5, 5.41) is 0. The highest BCUT2D eigenvalue weighted by Gasteiger charge is 2.56. The average molecular weight is 345 g/mol. The Morgan fingerprint density at radius 2 is 1.92 bits per heavy atom. The molecule has 3 rings (SSSR count). The number of ether oxygens (including phenoxy) is 2. The first-order valence-corrected chi connectivity index (χ1v) is 8.70. The fourth-order valence-corrected chi connectivity index (χ4v) is 3.92. The van der Waals surface area contributed by atoms with E-state index >= 15 is 0 Å². The Hall–Kier alpha value is -2.37. The van der Waals surface area contributed by atoms with E-state index in [-0.39, 0.29) is 43.3 Å². The van der Waals surface area contributed by atoms with Crippen molar-refractivity contribution < 1.29 is 23.9 Å². The zero-order valence-electron chi connectivity index (χ0n) is 14.5. The molecule has 2 aliphatic rings. The Morgan fingerprint density at radius 1 is 1.20 bits per heavy atom. The number of carbonyl (C=O) groups excluding carboxylic acids is 3. The van der Waals surface area contributed by atoms with Gasteiger partial charge in [-0.3, -0.25) is 9.69 Å². The molecule has 1 aliphatic heterocycles. The summed E-state index contributed by atoms with van der Waals surface area (Å²) in [7, 11) is 0. The van der Waals surface area contributed by atoms with Gasteiger partial charge in [-0.25, -0.2) is 9.59 Å². The molecule has 25 heavy (non-hydrogen) atoms. The normalized spacial score (nSPS) is 27.9. The summed E-state index contributed by atoms with van der Waals surface area (Å²) in [5.41, 5.74) is 0.868. The number of likely N-dealkylation sites (tertiary alicyclic amines) is 1. The molecule has 2 fully saturated rings. The Bertz CT molecular complexity index is 659. The highest BCUT2D eigenvalue weighted by Crippen LogP contribution is 2.43. The Kier molecular flexibility index (Phi) is 5.06. The highest BCUT2D eigenvalue weighted by molar-refractivity contribution is 5.91. The van der Waals surface area contributed by atoms with Crippen LogP contribution in [0.5, 0.6) is 0 Å². The first-order valence-electron chi connectivity index (χ1n) is 8.70. The zero-order valence-corrected chi connectivity index (χ0v) is 14.5. The van der Waals surface area contributed by atoms with Gasteiger partial charge in [-0.05, 0) is 18.9 Å². The van der Waals surface area contributed by atoms with Crippen molar-refractivity contribution in [3.8, 4) is 0 Å². The summed E-state index contributed by atoms with van der Waals surface area (Å²) in [4.78, 5) is 38.7. The van der Waals surface area contributed by atoms with Crippen molar-refractivity contribution >= 4 is 17.8 Å². The summed E-state index contributed by atoms with van der Waals surface area (Å²) in [6.45, 7) is 4.20. The molecule has 6 heteroatoms. The number of hydrogen-bond acceptors (Lipinski definition) is 5. The number of esters is 1. The van der Waals surface area contributed by atoms with Crippen LogP contribution in [0.15, 0.2) is 30.3 Å². The van der Waals surface area contributed by atoms with Gasteiger partial charge in [0.1, 0.15) is 18.4 Å². The molecular weight excluding hydrogens is 322 g/mol. The molecule has 1 aromatic carbocycles. The predicted molar refractivity (Wildman–Crippen MR) is 89.5 cm³/mol. The molecule has 0 aromatic heterocycles. The van der Waals surface area contributed by atoms with Crippen molar-refractivity contribution in [2.75, 3.05) is 13.2 Å². The number of fused-ring (bicyclic) bond motifs is 1. The predicted octanol–water partition coefficient (Wildman–Crippen LogP) is 2.41. The third-order valence-electron chi connectivity index (χ3n) is 5.10. The average Bonchev–Trinajstić information content (AvgIpc) is 3.11. The second-order valence-corrected chi connectivity index (χ2v) is 6.70. The summed E-state index contributed by atoms with van der Waals surface area (Å²) >= 11 is 0. The van der Waals surface area contributed by atoms with E-state index in [9.17, 15) is 14.4 Å². The Morgan fingerprint density at radius 3 is 2.60 bits per heavy atom. The van der Waals surface area contributed by atoms with Crippen LogP contribution in [0.1, 0.15) is 25.8 Å². The molecular formula is C19H23NO5. The van der Waals surface area contributed by atoms with Crippen LogP contribution in [0.25, 0.3) is 0 Å². The van der Waals surface area contributed by atoms with Gasteiger partial charge in [0.25, 0.3) is 0 Å². The van der Waals surface area contributed by atoms with Crippen LogP contribution in [0, 0.1) is 17.8 Å². The number of nitrogens with zero attached hydrogens (tertiary/aromatic N) is 1. The van der Waals surface area contributed by atoms with Crippen LogP contribution in [0.4, 0.5) is 4.79 Å². The van der Waals surface area contributed by atoms with E-state index in [0.29, 0.717) is 6.42 Å². The maximum absolute atomic E-state index is 12.5. The lowest BCUT2D eigenvalue weighted by atomic mass is 9.93. The first-order chi connectivity index (χ1) is 12.0. The summed E-state index contributed by atoms with van der Waals surface area (Å²) in [5.74, 6) is -0.875. The van der Waals surface area contributed by atoms with Gasteiger partial charge in [0.2, 0.25) is 0 Å². The molecule has 1 unspecified atom stereocenters. The smallest absolute Gasteiger partial charge is 0.410 e. The Labute approximate surface area is 147 Å². The molecule has 0 N–H and O–H groups in total. The lowest BCUT2D eigenvalue weighted by molar-refractivity contribution is -0.149. The lowest BCUT2D eigenvalue weighted by Gasteiger charge is -2.25. The third kappa shape index (κ3) is 3.38. The number of rotatable bonds is 4. The minimum atomic E-state index is -0.734. The van der Waals surface area contributed by atoms with Gasteiger partial charge in [0.15, 0.2) is 0 Å². The number of Topliss-reactive ketones (excluding diaryl/α,β-unsaturated/α-hetero) is 1. The topological polar surface area (TPSA) is 72.9 Å². The van der Waals surface area contributed by atoms with E-state index in [2.05, 4.69) is 0 Å². The van der Waals surface area contributed by atoms with Crippen LogP contribution >= 0.6 is 0 Å². The Balaban J connectivity index is 1.73. The number of amides is 1. The van der Waals surface area contributed by atoms with Gasteiger partial charge in [0, 0.05) is 24.3 Å². The fourth-order valence-electron chi connectivity index (χ4n) is 3.92. The minimum Gasteiger partial charge on any atom is -0.464 e. The van der Waals surface area contributed by atoms with Gasteiger partial charge in [-0.1, -0.05) is 37.3 Å². The molecule has 0 bridgehead atoms. The molecule has 1 saturated carbocycles. The second kappa shape index (κ2) is 7.25. The van der Waals surface area contributed by atoms with Gasteiger partial charge >= 0.3 is 12.1 Å². The fraction of sp³-hybridized carbons (Fsp3) is 0.526. The molecule has 1 aromatic rings. The van der Waals surface area contributed by atoms with Crippen molar-refractivity contribution in [3.63, 3.8) is 0 Å². The minimum absolute atomic E-state index is 0.0746. The monoisotopic (exact) mass is 345 g/mol. The molecule has 6 nitrogen and oxygen atoms in total. The maximum atomic E-state index is 12.5. The number of benzene rings is 1. The summed E-state index contributed by atoms with van der Waals surface area (Å²) in [6, 6.07) is 8.61. The molecule has 0 radical (unpaired) electrons. The van der Waals surface area contributed by atoms with Gasteiger partial charge < -0.3 is 9.47 Å². The van der Waals surface area contributed by atoms with Crippen molar-refractivity contribution in [1.82, 2.24) is 4.90 Å². The quantitative estimate of drug-likeness (QED) is 0.784. The van der Waals surface area contributed by atoms with Gasteiger partial charge in [-0.15, -0.1) is 0 Å². The molecule has 1 amide bonds. The molecule has 0 spiro atoms. The maximum Gasteiger partial charge on any atom is 0.410 e. The van der Waals surface area contributed by atoms with Crippen molar-refractivity contribution in [2.24, 2.45) is 17.8 Å². The van der Waals surface area contributed by atoms with Crippen molar-refractivity contribution in [2.45, 2.75) is 32.9 Å². The van der Waals surface area contributed by atoms with Crippen molar-refractivity contribution in [1.29, 1.82) is 0 Å². The van der Waals surface area contributed by atoms with Crippen LogP contribution in [-0.2, 0) is 25.7 Å².